The molecule has 1 unspecified atom stereocenters. The Bertz CT molecular complexity index is 328. The van der Waals surface area contributed by atoms with E-state index in [1.807, 2.05) is 44.2 Å². The molecule has 0 amide bonds. The molecule has 2 nitrogen and oxygen atoms in total. The first-order chi connectivity index (χ1) is 7.24. The Hall–Kier alpha value is -1.57. The van der Waals surface area contributed by atoms with E-state index in [1.165, 1.54) is 6.08 Å². The molecule has 0 N–H and O–H groups in total. The molecule has 1 atom stereocenters. The summed E-state index contributed by atoms with van der Waals surface area (Å²) in [6.07, 6.45) is 3.91. The third-order valence-electron chi connectivity index (χ3n) is 2.05. The Labute approximate surface area is 90.6 Å². The molecule has 0 heterocycles. The van der Waals surface area contributed by atoms with Gasteiger partial charge in [-0.3, -0.25) is 0 Å². The molecule has 15 heavy (non-hydrogen) atoms. The molecule has 0 spiro atoms. The van der Waals surface area contributed by atoms with Crippen LogP contribution in [0.5, 0.6) is 0 Å². The highest BCUT2D eigenvalue weighted by molar-refractivity contribution is 5.82. The lowest BCUT2D eigenvalue weighted by molar-refractivity contribution is -0.142. The molecule has 2 heteroatoms. The van der Waals surface area contributed by atoms with Crippen molar-refractivity contribution in [2.75, 3.05) is 0 Å². The monoisotopic (exact) mass is 204 g/mol. The number of carbonyl (C=O) groups is 1. The Morgan fingerprint density at radius 1 is 1.40 bits per heavy atom. The van der Waals surface area contributed by atoms with Gasteiger partial charge in [-0.15, -0.1) is 0 Å². The first kappa shape index (κ1) is 11.5. The first-order valence-electron chi connectivity index (χ1n) is 5.16. The van der Waals surface area contributed by atoms with Crippen LogP contribution in [0.1, 0.15) is 31.9 Å². The Morgan fingerprint density at radius 2 is 2.07 bits per heavy atom. The van der Waals surface area contributed by atoms with Crippen LogP contribution in [0.4, 0.5) is 0 Å². The van der Waals surface area contributed by atoms with Crippen LogP contribution in [0, 0.1) is 0 Å². The van der Waals surface area contributed by atoms with Crippen molar-refractivity contribution in [2.45, 2.75) is 26.4 Å². The Balaban J connectivity index is 2.53. The lowest BCUT2D eigenvalue weighted by Gasteiger charge is -2.11. The molecule has 1 aromatic carbocycles. The van der Waals surface area contributed by atoms with Gasteiger partial charge in [0.15, 0.2) is 0 Å². The van der Waals surface area contributed by atoms with E-state index in [0.717, 1.165) is 12.0 Å². The quantitative estimate of drug-likeness (QED) is 0.556. The van der Waals surface area contributed by atoms with Crippen LogP contribution < -0.4 is 0 Å². The smallest absolute Gasteiger partial charge is 0.331 e. The number of esters is 1. The van der Waals surface area contributed by atoms with E-state index >= 15 is 0 Å². The Morgan fingerprint density at radius 3 is 2.67 bits per heavy atom. The highest BCUT2D eigenvalue weighted by Crippen LogP contribution is 2.15. The minimum atomic E-state index is -0.284. The van der Waals surface area contributed by atoms with Crippen molar-refractivity contribution in [3.05, 3.63) is 48.0 Å². The van der Waals surface area contributed by atoms with Crippen molar-refractivity contribution < 1.29 is 9.53 Å². The van der Waals surface area contributed by atoms with Crippen molar-refractivity contribution in [3.8, 4) is 0 Å². The van der Waals surface area contributed by atoms with E-state index in [1.54, 1.807) is 6.08 Å². The second kappa shape index (κ2) is 6.02. The molecule has 0 fully saturated rings. The zero-order valence-electron chi connectivity index (χ0n) is 9.14. The van der Waals surface area contributed by atoms with Crippen LogP contribution in [-0.4, -0.2) is 5.97 Å². The molecular formula is C13H16O2. The van der Waals surface area contributed by atoms with Gasteiger partial charge in [0.2, 0.25) is 0 Å². The molecule has 0 radical (unpaired) electrons. The summed E-state index contributed by atoms with van der Waals surface area (Å²) in [5.74, 6) is -0.284. The van der Waals surface area contributed by atoms with Gasteiger partial charge in [-0.25, -0.2) is 4.79 Å². The fourth-order valence-corrected chi connectivity index (χ4v) is 1.22. The molecule has 0 bridgehead atoms. The molecule has 1 rings (SSSR count). The lowest BCUT2D eigenvalue weighted by atomic mass is 10.1. The molecule has 0 aliphatic carbocycles. The maximum atomic E-state index is 11.3. The highest BCUT2D eigenvalue weighted by Gasteiger charge is 2.07. The van der Waals surface area contributed by atoms with E-state index in [2.05, 4.69) is 0 Å². The minimum absolute atomic E-state index is 0.194. The summed E-state index contributed by atoms with van der Waals surface area (Å²) in [6.45, 7) is 3.84. The number of ether oxygens (including phenoxy) is 1. The van der Waals surface area contributed by atoms with Crippen LogP contribution in [0.2, 0.25) is 0 Å². The second-order valence-electron chi connectivity index (χ2n) is 3.30. The molecule has 80 valence electrons. The summed E-state index contributed by atoms with van der Waals surface area (Å²) < 4.78 is 5.21. The molecule has 0 aliphatic heterocycles. The number of hydrogen-bond acceptors (Lipinski definition) is 2. The average molecular weight is 204 g/mol. The number of allylic oxidation sites excluding steroid dienone is 1. The maximum Gasteiger partial charge on any atom is 0.331 e. The second-order valence-corrected chi connectivity index (χ2v) is 3.30. The standard InChI is InChI=1S/C13H16O2/c1-3-4-10-13(14)15-11(2)12-8-6-5-7-9-12/h4-11H,3H2,1-2H3/b10-4+. The predicted molar refractivity (Wildman–Crippen MR) is 60.4 cm³/mol. The SMILES string of the molecule is CC/C=C/C(=O)OC(C)c1ccccc1. The van der Waals surface area contributed by atoms with Crippen molar-refractivity contribution in [1.29, 1.82) is 0 Å². The topological polar surface area (TPSA) is 26.3 Å². The zero-order valence-corrected chi connectivity index (χ0v) is 9.14. The van der Waals surface area contributed by atoms with E-state index in [4.69, 9.17) is 4.74 Å². The molecule has 0 saturated heterocycles. The van der Waals surface area contributed by atoms with E-state index in [9.17, 15) is 4.79 Å². The van der Waals surface area contributed by atoms with Crippen molar-refractivity contribution in [3.63, 3.8) is 0 Å². The number of hydrogen-bond donors (Lipinski definition) is 0. The molecule has 0 saturated carbocycles. The number of benzene rings is 1. The molecular weight excluding hydrogens is 188 g/mol. The van der Waals surface area contributed by atoms with Crippen LogP contribution in [-0.2, 0) is 9.53 Å². The number of rotatable bonds is 4. The average Bonchev–Trinajstić information content (AvgIpc) is 2.27. The summed E-state index contributed by atoms with van der Waals surface area (Å²) in [6, 6.07) is 9.70. The predicted octanol–water partition coefficient (Wildman–Crippen LogP) is 3.26. The van der Waals surface area contributed by atoms with Gasteiger partial charge in [0, 0.05) is 6.08 Å². The molecule has 0 aliphatic rings. The zero-order chi connectivity index (χ0) is 11.1. The Kier molecular flexibility index (Phi) is 4.61. The van der Waals surface area contributed by atoms with Gasteiger partial charge >= 0.3 is 5.97 Å². The van der Waals surface area contributed by atoms with Crippen molar-refractivity contribution >= 4 is 5.97 Å². The third-order valence-corrected chi connectivity index (χ3v) is 2.05. The summed E-state index contributed by atoms with van der Waals surface area (Å²) in [5, 5.41) is 0. The minimum Gasteiger partial charge on any atom is -0.455 e. The van der Waals surface area contributed by atoms with Gasteiger partial charge in [-0.1, -0.05) is 43.3 Å². The molecule has 1 aromatic rings. The number of carbonyl (C=O) groups excluding carboxylic acids is 1. The van der Waals surface area contributed by atoms with Crippen LogP contribution in [0.15, 0.2) is 42.5 Å². The fraction of sp³-hybridized carbons (Fsp3) is 0.308. The van der Waals surface area contributed by atoms with E-state index in [0.29, 0.717) is 0 Å². The van der Waals surface area contributed by atoms with Gasteiger partial charge in [0.05, 0.1) is 0 Å². The summed E-state index contributed by atoms with van der Waals surface area (Å²) in [4.78, 5) is 11.3. The van der Waals surface area contributed by atoms with Crippen molar-refractivity contribution in [2.24, 2.45) is 0 Å². The van der Waals surface area contributed by atoms with Gasteiger partial charge < -0.3 is 4.74 Å². The lowest BCUT2D eigenvalue weighted by Crippen LogP contribution is -2.05. The fourth-order valence-electron chi connectivity index (χ4n) is 1.22. The maximum absolute atomic E-state index is 11.3. The van der Waals surface area contributed by atoms with Gasteiger partial charge in [-0.05, 0) is 18.9 Å². The van der Waals surface area contributed by atoms with E-state index < -0.39 is 0 Å². The van der Waals surface area contributed by atoms with Crippen molar-refractivity contribution in [1.82, 2.24) is 0 Å². The normalized spacial score (nSPS) is 12.7. The highest BCUT2D eigenvalue weighted by atomic mass is 16.5. The molecule has 0 aromatic heterocycles. The third kappa shape index (κ3) is 3.98. The van der Waals surface area contributed by atoms with Crippen LogP contribution >= 0.6 is 0 Å². The largest absolute Gasteiger partial charge is 0.455 e. The summed E-state index contributed by atoms with van der Waals surface area (Å²) >= 11 is 0. The van der Waals surface area contributed by atoms with E-state index in [-0.39, 0.29) is 12.1 Å². The van der Waals surface area contributed by atoms with Crippen LogP contribution in [0.25, 0.3) is 0 Å². The summed E-state index contributed by atoms with van der Waals surface area (Å²) in [7, 11) is 0. The van der Waals surface area contributed by atoms with Crippen LogP contribution in [0.3, 0.4) is 0 Å². The summed E-state index contributed by atoms with van der Waals surface area (Å²) in [5.41, 5.74) is 1.01. The first-order valence-corrected chi connectivity index (χ1v) is 5.16. The van der Waals surface area contributed by atoms with Gasteiger partial charge in [0.25, 0.3) is 0 Å². The van der Waals surface area contributed by atoms with Gasteiger partial charge in [0.1, 0.15) is 6.10 Å². The van der Waals surface area contributed by atoms with Gasteiger partial charge in [-0.2, -0.15) is 0 Å².